The van der Waals surface area contributed by atoms with Crippen LogP contribution in [0.4, 0.5) is 10.1 Å². The molecule has 4 aromatic rings. The summed E-state index contributed by atoms with van der Waals surface area (Å²) in [6.45, 7) is 1.58. The molecule has 1 N–H and O–H groups in total. The van der Waals surface area contributed by atoms with Gasteiger partial charge < -0.3 is 5.32 Å². The molecule has 1 heterocycles. The monoisotopic (exact) mass is 494 g/mol. The Bertz CT molecular complexity index is 1510. The molecule has 0 saturated carbocycles. The molecule has 0 aliphatic rings. The van der Waals surface area contributed by atoms with Crippen LogP contribution in [0.15, 0.2) is 83.9 Å². The Morgan fingerprint density at radius 2 is 1.74 bits per heavy atom. The number of pyridine rings is 1. The summed E-state index contributed by atoms with van der Waals surface area (Å²) in [6.07, 6.45) is 2.73. The Labute approximate surface area is 202 Å². The van der Waals surface area contributed by atoms with Crippen molar-refractivity contribution in [1.82, 2.24) is 4.98 Å². The van der Waals surface area contributed by atoms with E-state index in [1.54, 1.807) is 43.5 Å². The molecule has 3 aromatic carbocycles. The van der Waals surface area contributed by atoms with E-state index in [0.29, 0.717) is 38.7 Å². The third kappa shape index (κ3) is 4.85. The van der Waals surface area contributed by atoms with Crippen LogP contribution in [0.5, 0.6) is 0 Å². The molecule has 0 spiro atoms. The largest absolute Gasteiger partial charge is 0.322 e. The fourth-order valence-corrected chi connectivity index (χ4v) is 4.46. The van der Waals surface area contributed by atoms with Gasteiger partial charge >= 0.3 is 0 Å². The van der Waals surface area contributed by atoms with Crippen LogP contribution < -0.4 is 5.32 Å². The lowest BCUT2D eigenvalue weighted by atomic mass is 9.95. The van der Waals surface area contributed by atoms with E-state index in [2.05, 4.69) is 10.3 Å². The van der Waals surface area contributed by atoms with E-state index in [9.17, 15) is 17.6 Å². The van der Waals surface area contributed by atoms with Gasteiger partial charge in [0, 0.05) is 29.3 Å². The number of aromatic nitrogens is 1. The molecule has 0 bridgehead atoms. The summed E-state index contributed by atoms with van der Waals surface area (Å²) in [5.74, 6) is -0.931. The molecule has 5 nitrogen and oxygen atoms in total. The summed E-state index contributed by atoms with van der Waals surface area (Å²) < 4.78 is 38.6. The zero-order valence-corrected chi connectivity index (χ0v) is 19.9. The van der Waals surface area contributed by atoms with E-state index < -0.39 is 21.6 Å². The molecule has 0 radical (unpaired) electrons. The Hall–Kier alpha value is -3.55. The Balaban J connectivity index is 1.78. The molecule has 0 aliphatic carbocycles. The lowest BCUT2D eigenvalue weighted by Crippen LogP contribution is -2.14. The highest BCUT2D eigenvalue weighted by Gasteiger charge is 2.20. The highest BCUT2D eigenvalue weighted by molar-refractivity contribution is 7.90. The van der Waals surface area contributed by atoms with Crippen LogP contribution in [-0.2, 0) is 9.84 Å². The minimum atomic E-state index is -3.55. The van der Waals surface area contributed by atoms with E-state index in [4.69, 9.17) is 11.6 Å². The fourth-order valence-electron chi connectivity index (χ4n) is 3.59. The van der Waals surface area contributed by atoms with Gasteiger partial charge in [-0.15, -0.1) is 0 Å². The quantitative estimate of drug-likeness (QED) is 0.360. The maximum atomic E-state index is 14.3. The predicted molar refractivity (Wildman–Crippen MR) is 132 cm³/mol. The topological polar surface area (TPSA) is 76.1 Å². The number of nitrogens with one attached hydrogen (secondary N) is 1. The van der Waals surface area contributed by atoms with E-state index in [1.165, 1.54) is 30.3 Å². The second-order valence-electron chi connectivity index (χ2n) is 7.76. The summed E-state index contributed by atoms with van der Waals surface area (Å²) in [6, 6.07) is 19.1. The number of hydrogen-bond donors (Lipinski definition) is 1. The van der Waals surface area contributed by atoms with Crippen molar-refractivity contribution in [2.24, 2.45) is 0 Å². The van der Waals surface area contributed by atoms with Gasteiger partial charge in [0.2, 0.25) is 0 Å². The van der Waals surface area contributed by atoms with Crippen LogP contribution in [0.3, 0.4) is 0 Å². The van der Waals surface area contributed by atoms with Crippen LogP contribution in [0.2, 0.25) is 5.02 Å². The number of carbonyl (C=O) groups is 1. The smallest absolute Gasteiger partial charge is 0.256 e. The van der Waals surface area contributed by atoms with Crippen molar-refractivity contribution in [1.29, 1.82) is 0 Å². The number of sulfone groups is 1. The maximum Gasteiger partial charge on any atom is 0.256 e. The highest BCUT2D eigenvalue weighted by atomic mass is 35.5. The minimum Gasteiger partial charge on any atom is -0.322 e. The SMILES string of the molecule is Cc1c(F)cccc1-c1cc(S(C)(=O)=O)ccc1C(=O)Nc1ccc(Cl)c(-c2ccccn2)c1. The summed E-state index contributed by atoms with van der Waals surface area (Å²) in [4.78, 5) is 17.6. The summed E-state index contributed by atoms with van der Waals surface area (Å²) in [7, 11) is -3.55. The zero-order valence-electron chi connectivity index (χ0n) is 18.3. The summed E-state index contributed by atoms with van der Waals surface area (Å²) in [5.41, 5.74) is 3.04. The van der Waals surface area contributed by atoms with Crippen LogP contribution in [0.1, 0.15) is 15.9 Å². The molecule has 0 unspecified atom stereocenters. The van der Waals surface area contributed by atoms with Crippen LogP contribution in [0, 0.1) is 12.7 Å². The summed E-state index contributed by atoms with van der Waals surface area (Å²) >= 11 is 6.34. The van der Waals surface area contributed by atoms with Gasteiger partial charge in [0.05, 0.1) is 15.6 Å². The number of amides is 1. The average molecular weight is 495 g/mol. The lowest BCUT2D eigenvalue weighted by Gasteiger charge is -2.15. The molecule has 0 saturated heterocycles. The van der Waals surface area contributed by atoms with Crippen molar-refractivity contribution < 1.29 is 17.6 Å². The van der Waals surface area contributed by atoms with Crippen molar-refractivity contribution in [2.45, 2.75) is 11.8 Å². The molecular formula is C26H20ClFN2O3S. The standard InChI is InChI=1S/C26H20ClFN2O3S/c1-16-19(6-5-7-24(16)28)21-15-18(34(2,32)33)10-11-20(21)26(31)30-17-9-12-23(27)22(14-17)25-8-3-4-13-29-25/h3-15H,1-2H3,(H,30,31). The highest BCUT2D eigenvalue weighted by Crippen LogP contribution is 2.33. The van der Waals surface area contributed by atoms with Gasteiger partial charge in [-0.3, -0.25) is 9.78 Å². The fraction of sp³-hybridized carbons (Fsp3) is 0.0769. The molecule has 8 heteroatoms. The van der Waals surface area contributed by atoms with Gasteiger partial charge in [0.1, 0.15) is 5.82 Å². The molecular weight excluding hydrogens is 475 g/mol. The van der Waals surface area contributed by atoms with E-state index in [0.717, 1.165) is 6.26 Å². The maximum absolute atomic E-state index is 14.3. The predicted octanol–water partition coefficient (Wildman–Crippen LogP) is 6.17. The Morgan fingerprint density at radius 3 is 2.44 bits per heavy atom. The summed E-state index contributed by atoms with van der Waals surface area (Å²) in [5, 5.41) is 3.31. The van der Waals surface area contributed by atoms with E-state index >= 15 is 0 Å². The van der Waals surface area contributed by atoms with Gasteiger partial charge in [-0.1, -0.05) is 29.8 Å². The number of nitrogens with zero attached hydrogens (tertiary/aromatic N) is 1. The number of rotatable bonds is 5. The molecule has 1 aromatic heterocycles. The van der Waals surface area contributed by atoms with Crippen molar-refractivity contribution in [3.8, 4) is 22.4 Å². The lowest BCUT2D eigenvalue weighted by molar-refractivity contribution is 0.102. The number of benzene rings is 3. The Morgan fingerprint density at radius 1 is 0.941 bits per heavy atom. The van der Waals surface area contributed by atoms with E-state index in [1.807, 2.05) is 12.1 Å². The van der Waals surface area contributed by atoms with Crippen molar-refractivity contribution in [2.75, 3.05) is 11.6 Å². The number of carbonyl (C=O) groups excluding carboxylic acids is 1. The third-order valence-corrected chi connectivity index (χ3v) is 6.83. The first-order valence-electron chi connectivity index (χ1n) is 10.3. The van der Waals surface area contributed by atoms with Gasteiger partial charge in [0.25, 0.3) is 5.91 Å². The molecule has 0 fully saturated rings. The van der Waals surface area contributed by atoms with Gasteiger partial charge in [-0.2, -0.15) is 0 Å². The first kappa shape index (κ1) is 23.6. The van der Waals surface area contributed by atoms with Crippen molar-refractivity contribution in [3.05, 3.63) is 101 Å². The molecule has 0 aliphatic heterocycles. The second kappa shape index (κ2) is 9.37. The minimum absolute atomic E-state index is 0.0339. The normalized spacial score (nSPS) is 11.3. The molecule has 34 heavy (non-hydrogen) atoms. The molecule has 1 amide bonds. The average Bonchev–Trinajstić information content (AvgIpc) is 2.81. The number of anilines is 1. The van der Waals surface area contributed by atoms with Crippen LogP contribution >= 0.6 is 11.6 Å². The first-order valence-corrected chi connectivity index (χ1v) is 12.5. The van der Waals surface area contributed by atoms with E-state index in [-0.39, 0.29) is 10.5 Å². The van der Waals surface area contributed by atoms with Crippen LogP contribution in [-0.4, -0.2) is 25.6 Å². The molecule has 0 atom stereocenters. The van der Waals surface area contributed by atoms with Crippen molar-refractivity contribution >= 4 is 33.0 Å². The van der Waals surface area contributed by atoms with Crippen LogP contribution in [0.25, 0.3) is 22.4 Å². The second-order valence-corrected chi connectivity index (χ2v) is 10.2. The van der Waals surface area contributed by atoms with Gasteiger partial charge in [0.15, 0.2) is 9.84 Å². The first-order chi connectivity index (χ1) is 16.1. The molecule has 4 rings (SSSR count). The van der Waals surface area contributed by atoms with Gasteiger partial charge in [-0.25, -0.2) is 12.8 Å². The van der Waals surface area contributed by atoms with Gasteiger partial charge in [-0.05, 0) is 78.2 Å². The molecule has 172 valence electrons. The third-order valence-electron chi connectivity index (χ3n) is 5.39. The number of halogens is 2. The number of hydrogen-bond acceptors (Lipinski definition) is 4. The van der Waals surface area contributed by atoms with Crippen molar-refractivity contribution in [3.63, 3.8) is 0 Å². The Kier molecular flexibility index (Phi) is 6.50. The zero-order chi connectivity index (χ0) is 24.5.